The van der Waals surface area contributed by atoms with Gasteiger partial charge in [-0.1, -0.05) is 0 Å². The predicted molar refractivity (Wildman–Crippen MR) is 97.4 cm³/mol. The van der Waals surface area contributed by atoms with E-state index in [0.717, 1.165) is 29.5 Å². The molecular formula is C17H22N6O3. The number of piperidine rings is 1. The third kappa shape index (κ3) is 2.55. The zero-order chi connectivity index (χ0) is 18.4. The summed E-state index contributed by atoms with van der Waals surface area (Å²) in [6.45, 7) is 1.92. The molecule has 0 bridgehead atoms. The highest BCUT2D eigenvalue weighted by Crippen LogP contribution is 2.24. The molecule has 4 heterocycles. The number of nitrogens with two attached hydrogens (primary N) is 1. The van der Waals surface area contributed by atoms with Crippen LogP contribution in [0.4, 0.5) is 5.95 Å². The van der Waals surface area contributed by atoms with Crippen LogP contribution in [0, 0.1) is 0 Å². The van der Waals surface area contributed by atoms with Gasteiger partial charge >= 0.3 is 5.69 Å². The number of hydrogen-bond acceptors (Lipinski definition) is 6. The van der Waals surface area contributed by atoms with Crippen molar-refractivity contribution < 1.29 is 4.42 Å². The number of fused-ring (bicyclic) bond motifs is 1. The number of nitrogens with zero attached hydrogens (tertiary/aromatic N) is 5. The molecule has 9 heteroatoms. The molecule has 2 N–H and O–H groups in total. The van der Waals surface area contributed by atoms with Gasteiger partial charge in [0.25, 0.3) is 5.56 Å². The van der Waals surface area contributed by atoms with Gasteiger partial charge in [-0.3, -0.25) is 18.5 Å². The van der Waals surface area contributed by atoms with Crippen molar-refractivity contribution in [2.75, 3.05) is 18.0 Å². The van der Waals surface area contributed by atoms with Crippen LogP contribution in [0.2, 0.25) is 0 Å². The maximum Gasteiger partial charge on any atom is 0.332 e. The van der Waals surface area contributed by atoms with Gasteiger partial charge in [0.15, 0.2) is 11.2 Å². The molecule has 1 unspecified atom stereocenters. The monoisotopic (exact) mass is 358 g/mol. The lowest BCUT2D eigenvalue weighted by molar-refractivity contribution is 0.495. The Bertz CT molecular complexity index is 1060. The van der Waals surface area contributed by atoms with Crippen molar-refractivity contribution in [2.45, 2.75) is 25.4 Å². The lowest BCUT2D eigenvalue weighted by Crippen LogP contribution is -2.44. The molecule has 0 aliphatic carbocycles. The number of aromatic nitrogens is 4. The lowest BCUT2D eigenvalue weighted by Gasteiger charge is -2.31. The van der Waals surface area contributed by atoms with Gasteiger partial charge in [-0.25, -0.2) is 4.79 Å². The smallest absolute Gasteiger partial charge is 0.332 e. The standard InChI is InChI=1S/C17H22N6O3/c1-20-14-13(15(24)21(2)17(20)25)23(8-11-5-7-26-10-11)16(19-14)22-6-3-4-12(18)9-22/h5,7,10,12H,3-4,6,8-9,18H2,1-2H3. The van der Waals surface area contributed by atoms with Crippen LogP contribution in [0.3, 0.4) is 0 Å². The van der Waals surface area contributed by atoms with Crippen molar-refractivity contribution in [2.24, 2.45) is 19.8 Å². The third-order valence-electron chi connectivity index (χ3n) is 4.99. The van der Waals surface area contributed by atoms with E-state index in [-0.39, 0.29) is 11.6 Å². The molecule has 3 aromatic rings. The Labute approximate surface area is 149 Å². The minimum absolute atomic E-state index is 0.0672. The number of imidazole rings is 1. The van der Waals surface area contributed by atoms with Crippen LogP contribution in [0.15, 0.2) is 32.6 Å². The Balaban J connectivity index is 1.97. The van der Waals surface area contributed by atoms with Gasteiger partial charge in [0.2, 0.25) is 5.95 Å². The number of hydrogen-bond donors (Lipinski definition) is 1. The number of furan rings is 1. The fourth-order valence-corrected chi connectivity index (χ4v) is 3.58. The fourth-order valence-electron chi connectivity index (χ4n) is 3.58. The summed E-state index contributed by atoms with van der Waals surface area (Å²) < 4.78 is 9.56. The van der Waals surface area contributed by atoms with Crippen molar-refractivity contribution in [1.29, 1.82) is 0 Å². The molecule has 9 nitrogen and oxygen atoms in total. The Morgan fingerprint density at radius 1 is 1.31 bits per heavy atom. The summed E-state index contributed by atoms with van der Waals surface area (Å²) in [6.07, 6.45) is 5.18. The van der Waals surface area contributed by atoms with Crippen molar-refractivity contribution in [3.63, 3.8) is 0 Å². The van der Waals surface area contributed by atoms with Gasteiger partial charge < -0.3 is 15.1 Å². The average molecular weight is 358 g/mol. The zero-order valence-corrected chi connectivity index (χ0v) is 14.9. The topological polar surface area (TPSA) is 104 Å². The van der Waals surface area contributed by atoms with E-state index in [0.29, 0.717) is 30.2 Å². The number of aryl methyl sites for hydroxylation is 1. The highest BCUT2D eigenvalue weighted by molar-refractivity contribution is 5.74. The molecule has 26 heavy (non-hydrogen) atoms. The van der Waals surface area contributed by atoms with Gasteiger partial charge in [-0.2, -0.15) is 4.98 Å². The van der Waals surface area contributed by atoms with Crippen LogP contribution in [0.1, 0.15) is 18.4 Å². The first-order valence-corrected chi connectivity index (χ1v) is 8.65. The molecule has 0 spiro atoms. The second kappa shape index (κ2) is 6.17. The highest BCUT2D eigenvalue weighted by atomic mass is 16.3. The molecule has 138 valence electrons. The zero-order valence-electron chi connectivity index (χ0n) is 14.9. The first-order valence-electron chi connectivity index (χ1n) is 8.65. The van der Waals surface area contributed by atoms with Crippen LogP contribution >= 0.6 is 0 Å². The third-order valence-corrected chi connectivity index (χ3v) is 4.99. The lowest BCUT2D eigenvalue weighted by atomic mass is 10.1. The minimum atomic E-state index is -0.391. The second-order valence-corrected chi connectivity index (χ2v) is 6.86. The Hall–Kier alpha value is -2.81. The minimum Gasteiger partial charge on any atom is -0.472 e. The average Bonchev–Trinajstić information content (AvgIpc) is 3.26. The summed E-state index contributed by atoms with van der Waals surface area (Å²) in [7, 11) is 3.11. The molecule has 1 saturated heterocycles. The molecule has 1 fully saturated rings. The van der Waals surface area contributed by atoms with Gasteiger partial charge in [0.05, 0.1) is 19.1 Å². The van der Waals surface area contributed by atoms with E-state index >= 15 is 0 Å². The number of anilines is 1. The SMILES string of the molecule is Cn1c(=O)c2c(nc(N3CCCC(N)C3)n2Cc2ccoc2)n(C)c1=O. The summed E-state index contributed by atoms with van der Waals surface area (Å²) >= 11 is 0. The summed E-state index contributed by atoms with van der Waals surface area (Å²) in [5.74, 6) is 0.662. The highest BCUT2D eigenvalue weighted by Gasteiger charge is 2.26. The maximum absolute atomic E-state index is 12.8. The van der Waals surface area contributed by atoms with Crippen molar-refractivity contribution in [3.8, 4) is 0 Å². The van der Waals surface area contributed by atoms with Gasteiger partial charge in [-0.05, 0) is 18.9 Å². The Morgan fingerprint density at radius 2 is 2.12 bits per heavy atom. The molecule has 1 atom stereocenters. The van der Waals surface area contributed by atoms with Gasteiger partial charge in [0, 0.05) is 38.8 Å². The first-order chi connectivity index (χ1) is 12.5. The van der Waals surface area contributed by atoms with E-state index in [1.807, 2.05) is 10.6 Å². The predicted octanol–water partition coefficient (Wildman–Crippen LogP) is 0.00250. The molecule has 4 rings (SSSR count). The van der Waals surface area contributed by atoms with E-state index in [2.05, 4.69) is 9.88 Å². The Kier molecular flexibility index (Phi) is 3.95. The summed E-state index contributed by atoms with van der Waals surface area (Å²) in [5.41, 5.74) is 7.10. The second-order valence-electron chi connectivity index (χ2n) is 6.86. The first kappa shape index (κ1) is 16.6. The van der Waals surface area contributed by atoms with Crippen LogP contribution in [-0.4, -0.2) is 37.8 Å². The summed E-state index contributed by atoms with van der Waals surface area (Å²) in [6, 6.07) is 1.92. The van der Waals surface area contributed by atoms with Crippen molar-refractivity contribution in [1.82, 2.24) is 18.7 Å². The molecule has 0 saturated carbocycles. The van der Waals surface area contributed by atoms with Crippen LogP contribution in [-0.2, 0) is 20.6 Å². The van der Waals surface area contributed by atoms with E-state index in [4.69, 9.17) is 10.2 Å². The van der Waals surface area contributed by atoms with E-state index in [1.54, 1.807) is 19.6 Å². The fraction of sp³-hybridized carbons (Fsp3) is 0.471. The van der Waals surface area contributed by atoms with Crippen LogP contribution < -0.4 is 21.9 Å². The van der Waals surface area contributed by atoms with Crippen molar-refractivity contribution in [3.05, 3.63) is 45.0 Å². The van der Waals surface area contributed by atoms with Gasteiger partial charge in [0.1, 0.15) is 0 Å². The van der Waals surface area contributed by atoms with E-state index in [1.165, 1.54) is 11.6 Å². The van der Waals surface area contributed by atoms with Gasteiger partial charge in [-0.15, -0.1) is 0 Å². The molecular weight excluding hydrogens is 336 g/mol. The summed E-state index contributed by atoms with van der Waals surface area (Å²) in [5, 5.41) is 0. The molecule has 0 amide bonds. The molecule has 0 aromatic carbocycles. The molecule has 3 aromatic heterocycles. The normalized spacial score (nSPS) is 18.0. The molecule has 1 aliphatic heterocycles. The largest absolute Gasteiger partial charge is 0.472 e. The maximum atomic E-state index is 12.8. The molecule has 0 radical (unpaired) electrons. The van der Waals surface area contributed by atoms with Crippen LogP contribution in [0.5, 0.6) is 0 Å². The van der Waals surface area contributed by atoms with E-state index < -0.39 is 5.69 Å². The van der Waals surface area contributed by atoms with Crippen molar-refractivity contribution >= 4 is 17.1 Å². The molecule has 1 aliphatic rings. The number of rotatable bonds is 3. The van der Waals surface area contributed by atoms with E-state index in [9.17, 15) is 9.59 Å². The summed E-state index contributed by atoms with van der Waals surface area (Å²) in [4.78, 5) is 31.9. The quantitative estimate of drug-likeness (QED) is 0.707. The Morgan fingerprint density at radius 3 is 2.81 bits per heavy atom. The van der Waals surface area contributed by atoms with Crippen LogP contribution in [0.25, 0.3) is 11.2 Å².